The molecule has 1 saturated carbocycles. The molecule has 2 rings (SSSR count). The SMILES string of the molecule is O=C(O)C1CC1C(=O)NCCOc1ncccc1C(F)(F)F. The maximum atomic E-state index is 12.7. The number of carbonyl (C=O) groups excluding carboxylic acids is 1. The molecule has 0 bridgehead atoms. The Kier molecular flexibility index (Phi) is 4.53. The number of carboxylic acids is 1. The second-order valence-electron chi connectivity index (χ2n) is 4.78. The predicted molar refractivity (Wildman–Crippen MR) is 67.0 cm³/mol. The van der Waals surface area contributed by atoms with E-state index in [1.807, 2.05) is 0 Å². The van der Waals surface area contributed by atoms with Crippen molar-refractivity contribution in [2.75, 3.05) is 13.2 Å². The van der Waals surface area contributed by atoms with Crippen LogP contribution in [0.1, 0.15) is 12.0 Å². The highest BCUT2D eigenvalue weighted by Crippen LogP contribution is 2.38. The van der Waals surface area contributed by atoms with Crippen molar-refractivity contribution >= 4 is 11.9 Å². The smallest absolute Gasteiger partial charge is 0.421 e. The number of aliphatic carboxylic acids is 1. The number of carbonyl (C=O) groups is 2. The van der Waals surface area contributed by atoms with Crippen LogP contribution in [-0.4, -0.2) is 35.1 Å². The molecule has 1 amide bonds. The van der Waals surface area contributed by atoms with E-state index < -0.39 is 41.3 Å². The largest absolute Gasteiger partial charge is 0.481 e. The predicted octanol–water partition coefficient (Wildman–Crippen LogP) is 1.32. The van der Waals surface area contributed by atoms with Gasteiger partial charge in [0.25, 0.3) is 0 Å². The molecule has 2 N–H and O–H groups in total. The highest BCUT2D eigenvalue weighted by atomic mass is 19.4. The maximum Gasteiger partial charge on any atom is 0.421 e. The third kappa shape index (κ3) is 3.86. The van der Waals surface area contributed by atoms with Crippen LogP contribution in [0.4, 0.5) is 13.2 Å². The molecule has 6 nitrogen and oxygen atoms in total. The Morgan fingerprint density at radius 1 is 1.41 bits per heavy atom. The van der Waals surface area contributed by atoms with E-state index in [2.05, 4.69) is 10.3 Å². The number of alkyl halides is 3. The highest BCUT2D eigenvalue weighted by Gasteiger charge is 2.48. The van der Waals surface area contributed by atoms with Gasteiger partial charge in [0, 0.05) is 6.20 Å². The zero-order chi connectivity index (χ0) is 16.3. The van der Waals surface area contributed by atoms with Gasteiger partial charge in [-0.3, -0.25) is 9.59 Å². The van der Waals surface area contributed by atoms with Crippen LogP contribution in [-0.2, 0) is 15.8 Å². The van der Waals surface area contributed by atoms with Crippen molar-refractivity contribution in [3.63, 3.8) is 0 Å². The van der Waals surface area contributed by atoms with Crippen molar-refractivity contribution in [2.45, 2.75) is 12.6 Å². The molecule has 1 aliphatic rings. The summed E-state index contributed by atoms with van der Waals surface area (Å²) in [5.74, 6) is -3.27. The Morgan fingerprint density at radius 2 is 2.14 bits per heavy atom. The van der Waals surface area contributed by atoms with Crippen LogP contribution in [0.3, 0.4) is 0 Å². The Morgan fingerprint density at radius 3 is 2.73 bits per heavy atom. The van der Waals surface area contributed by atoms with E-state index in [9.17, 15) is 22.8 Å². The topological polar surface area (TPSA) is 88.5 Å². The number of nitrogens with one attached hydrogen (secondary N) is 1. The standard InChI is InChI=1S/C13H13F3N2O4/c14-13(15,16)9-2-1-3-18-11(9)22-5-4-17-10(19)7-6-8(7)12(20)21/h1-3,7-8H,4-6H2,(H,17,19)(H,20,21). The molecule has 1 fully saturated rings. The molecule has 1 heterocycles. The van der Waals surface area contributed by atoms with E-state index in [4.69, 9.17) is 9.84 Å². The monoisotopic (exact) mass is 318 g/mol. The van der Waals surface area contributed by atoms with Crippen molar-refractivity contribution in [1.29, 1.82) is 0 Å². The average molecular weight is 318 g/mol. The lowest BCUT2D eigenvalue weighted by Crippen LogP contribution is -2.30. The van der Waals surface area contributed by atoms with Crippen LogP contribution in [0, 0.1) is 11.8 Å². The summed E-state index contributed by atoms with van der Waals surface area (Å²) in [7, 11) is 0. The summed E-state index contributed by atoms with van der Waals surface area (Å²) >= 11 is 0. The second-order valence-corrected chi connectivity index (χ2v) is 4.78. The van der Waals surface area contributed by atoms with E-state index in [-0.39, 0.29) is 19.6 Å². The molecule has 0 aromatic carbocycles. The van der Waals surface area contributed by atoms with Gasteiger partial charge in [0.2, 0.25) is 11.8 Å². The van der Waals surface area contributed by atoms with Gasteiger partial charge in [0.1, 0.15) is 12.2 Å². The summed E-state index contributed by atoms with van der Waals surface area (Å²) in [5.41, 5.74) is -0.991. The average Bonchev–Trinajstić information content (AvgIpc) is 3.23. The molecule has 1 aliphatic carbocycles. The van der Waals surface area contributed by atoms with Crippen LogP contribution in [0.2, 0.25) is 0 Å². The molecular formula is C13H13F3N2O4. The van der Waals surface area contributed by atoms with Gasteiger partial charge in [-0.15, -0.1) is 0 Å². The number of pyridine rings is 1. The summed E-state index contributed by atoms with van der Waals surface area (Å²) in [6.07, 6.45) is -3.12. The van der Waals surface area contributed by atoms with Crippen molar-refractivity contribution < 1.29 is 32.6 Å². The minimum Gasteiger partial charge on any atom is -0.481 e. The molecule has 120 valence electrons. The number of rotatable bonds is 6. The fourth-order valence-corrected chi connectivity index (χ4v) is 1.93. The molecule has 22 heavy (non-hydrogen) atoms. The van der Waals surface area contributed by atoms with Crippen molar-refractivity contribution in [1.82, 2.24) is 10.3 Å². The maximum absolute atomic E-state index is 12.7. The van der Waals surface area contributed by atoms with Crippen LogP contribution in [0.5, 0.6) is 5.88 Å². The third-order valence-corrected chi connectivity index (χ3v) is 3.16. The lowest BCUT2D eigenvalue weighted by molar-refractivity contribution is -0.140. The minimum atomic E-state index is -4.57. The molecule has 2 atom stereocenters. The Bertz CT molecular complexity index is 577. The lowest BCUT2D eigenvalue weighted by atomic mass is 10.2. The normalized spacial score (nSPS) is 20.3. The first-order chi connectivity index (χ1) is 10.3. The summed E-state index contributed by atoms with van der Waals surface area (Å²) in [4.78, 5) is 25.6. The van der Waals surface area contributed by atoms with Crippen LogP contribution in [0.15, 0.2) is 18.3 Å². The fraction of sp³-hybridized carbons (Fsp3) is 0.462. The second kappa shape index (κ2) is 6.20. The van der Waals surface area contributed by atoms with Crippen molar-refractivity contribution in [3.05, 3.63) is 23.9 Å². The van der Waals surface area contributed by atoms with Crippen molar-refractivity contribution in [2.24, 2.45) is 11.8 Å². The number of hydrogen-bond acceptors (Lipinski definition) is 4. The van der Waals surface area contributed by atoms with Gasteiger partial charge in [-0.25, -0.2) is 4.98 Å². The van der Waals surface area contributed by atoms with E-state index in [0.29, 0.717) is 0 Å². The van der Waals surface area contributed by atoms with Crippen molar-refractivity contribution in [3.8, 4) is 5.88 Å². The third-order valence-electron chi connectivity index (χ3n) is 3.16. The molecule has 0 aliphatic heterocycles. The summed E-state index contributed by atoms with van der Waals surface area (Å²) in [6.45, 7) is -0.230. The van der Waals surface area contributed by atoms with Gasteiger partial charge in [-0.1, -0.05) is 0 Å². The van der Waals surface area contributed by atoms with Gasteiger partial charge in [-0.2, -0.15) is 13.2 Å². The van der Waals surface area contributed by atoms with E-state index in [1.54, 1.807) is 0 Å². The molecule has 0 saturated heterocycles. The van der Waals surface area contributed by atoms with E-state index in [0.717, 1.165) is 12.1 Å². The minimum absolute atomic E-state index is 0.0322. The number of nitrogens with zero attached hydrogens (tertiary/aromatic N) is 1. The molecular weight excluding hydrogens is 305 g/mol. The van der Waals surface area contributed by atoms with E-state index in [1.165, 1.54) is 6.20 Å². The molecule has 9 heteroatoms. The summed E-state index contributed by atoms with van der Waals surface area (Å²) in [6, 6.07) is 2.00. The number of hydrogen-bond donors (Lipinski definition) is 2. The molecule has 2 unspecified atom stereocenters. The molecule has 0 spiro atoms. The fourth-order valence-electron chi connectivity index (χ4n) is 1.93. The lowest BCUT2D eigenvalue weighted by Gasteiger charge is -2.12. The Balaban J connectivity index is 1.78. The van der Waals surface area contributed by atoms with Crippen LogP contribution >= 0.6 is 0 Å². The number of halogens is 3. The van der Waals surface area contributed by atoms with E-state index >= 15 is 0 Å². The quantitative estimate of drug-likeness (QED) is 0.772. The number of ether oxygens (including phenoxy) is 1. The number of amides is 1. The zero-order valence-corrected chi connectivity index (χ0v) is 11.3. The van der Waals surface area contributed by atoms with Gasteiger partial charge in [0.15, 0.2) is 0 Å². The number of carboxylic acid groups (broad SMARTS) is 1. The number of aromatic nitrogens is 1. The first-order valence-electron chi connectivity index (χ1n) is 6.46. The zero-order valence-electron chi connectivity index (χ0n) is 11.3. The summed E-state index contributed by atoms with van der Waals surface area (Å²) in [5, 5.41) is 11.1. The first-order valence-corrected chi connectivity index (χ1v) is 6.46. The Labute approximate surface area is 123 Å². The van der Waals surface area contributed by atoms with Gasteiger partial charge < -0.3 is 15.2 Å². The summed E-state index contributed by atoms with van der Waals surface area (Å²) < 4.78 is 42.9. The molecule has 1 aromatic rings. The molecule has 0 radical (unpaired) electrons. The van der Waals surface area contributed by atoms with Gasteiger partial charge in [0.05, 0.1) is 18.4 Å². The molecule has 1 aromatic heterocycles. The highest BCUT2D eigenvalue weighted by molar-refractivity contribution is 5.89. The van der Waals surface area contributed by atoms with Crippen LogP contribution < -0.4 is 10.1 Å². The first kappa shape index (κ1) is 16.1. The van der Waals surface area contributed by atoms with Gasteiger partial charge >= 0.3 is 12.1 Å². The van der Waals surface area contributed by atoms with Crippen LogP contribution in [0.25, 0.3) is 0 Å². The van der Waals surface area contributed by atoms with Gasteiger partial charge in [-0.05, 0) is 18.6 Å². The Hall–Kier alpha value is -2.32.